The van der Waals surface area contributed by atoms with Crippen LogP contribution in [0.3, 0.4) is 0 Å². The third-order valence-corrected chi connectivity index (χ3v) is 2.92. The van der Waals surface area contributed by atoms with Gasteiger partial charge in [0, 0.05) is 12.3 Å². The number of rotatable bonds is 8. The Morgan fingerprint density at radius 2 is 1.69 bits per heavy atom. The van der Waals surface area contributed by atoms with Crippen molar-refractivity contribution in [2.24, 2.45) is 5.92 Å². The molecule has 0 aromatic rings. The second kappa shape index (κ2) is 9.73. The summed E-state index contributed by atoms with van der Waals surface area (Å²) in [6.07, 6.45) is 7.91. The summed E-state index contributed by atoms with van der Waals surface area (Å²) in [6.45, 7) is 1.93. The predicted octanol–water partition coefficient (Wildman–Crippen LogP) is 3.29. The van der Waals surface area contributed by atoms with Crippen molar-refractivity contribution in [1.82, 2.24) is 0 Å². The van der Waals surface area contributed by atoms with Gasteiger partial charge in [0.25, 0.3) is 0 Å². The Hall–Kier alpha value is -0.480. The van der Waals surface area contributed by atoms with Crippen LogP contribution < -0.4 is 0 Å². The van der Waals surface area contributed by atoms with E-state index in [1.807, 2.05) is 19.4 Å². The molecule has 16 heavy (non-hydrogen) atoms. The second-order valence-corrected chi connectivity index (χ2v) is 4.74. The molecule has 0 aromatic heterocycles. The Balaban J connectivity index is 4.29. The molecule has 0 fully saturated rings. The van der Waals surface area contributed by atoms with E-state index in [0.29, 0.717) is 12.8 Å². The largest absolute Gasteiger partial charge is 0.295 e. The minimum absolute atomic E-state index is 0.0205. The van der Waals surface area contributed by atoms with E-state index in [2.05, 4.69) is 0 Å². The summed E-state index contributed by atoms with van der Waals surface area (Å²) in [6, 6.07) is 0. The smallest absolute Gasteiger partial charge is 0.159 e. The van der Waals surface area contributed by atoms with Crippen molar-refractivity contribution < 1.29 is 9.59 Å². The second-order valence-electron chi connectivity index (χ2n) is 3.25. The van der Waals surface area contributed by atoms with Crippen LogP contribution in [0.2, 0.25) is 0 Å². The van der Waals surface area contributed by atoms with Gasteiger partial charge in [-0.05, 0) is 41.9 Å². The summed E-state index contributed by atoms with van der Waals surface area (Å²) in [5, 5.41) is 3.50. The van der Waals surface area contributed by atoms with Gasteiger partial charge in [-0.1, -0.05) is 6.92 Å². The molecule has 0 aliphatic rings. The van der Waals surface area contributed by atoms with E-state index in [4.69, 9.17) is 0 Å². The van der Waals surface area contributed by atoms with Crippen molar-refractivity contribution in [1.29, 1.82) is 0 Å². The molecule has 0 aliphatic carbocycles. The van der Waals surface area contributed by atoms with Crippen LogP contribution in [0.5, 0.6) is 0 Å². The van der Waals surface area contributed by atoms with Crippen molar-refractivity contribution in [3.63, 3.8) is 0 Å². The minimum Gasteiger partial charge on any atom is -0.295 e. The Bertz CT molecular complexity index is 283. The molecule has 0 saturated carbocycles. The molecule has 0 bridgehead atoms. The van der Waals surface area contributed by atoms with Gasteiger partial charge in [0.2, 0.25) is 0 Å². The highest BCUT2D eigenvalue weighted by atomic mass is 32.2. The molecule has 0 heterocycles. The first-order chi connectivity index (χ1) is 7.65. The molecule has 0 radical (unpaired) electrons. The van der Waals surface area contributed by atoms with Gasteiger partial charge in [-0.2, -0.15) is 0 Å². The van der Waals surface area contributed by atoms with Crippen molar-refractivity contribution >= 4 is 35.1 Å². The van der Waals surface area contributed by atoms with Crippen LogP contribution in [-0.4, -0.2) is 24.1 Å². The fraction of sp³-hybridized carbons (Fsp3) is 0.500. The summed E-state index contributed by atoms with van der Waals surface area (Å²) < 4.78 is 0. The zero-order valence-corrected chi connectivity index (χ0v) is 11.6. The standard InChI is InChI=1S/C12H18O2S2/c1-4-10(12(14)6-8-16-3)9-11(13)5-7-15-2/h5-8,10H,4,9H2,1-3H3/b7-5+,8-6+/t10-/m0/s1. The van der Waals surface area contributed by atoms with Gasteiger partial charge < -0.3 is 0 Å². The van der Waals surface area contributed by atoms with E-state index in [0.717, 1.165) is 0 Å². The summed E-state index contributed by atoms with van der Waals surface area (Å²) in [4.78, 5) is 23.1. The van der Waals surface area contributed by atoms with E-state index >= 15 is 0 Å². The molecule has 1 atom stereocenters. The van der Waals surface area contributed by atoms with Crippen LogP contribution in [0.25, 0.3) is 0 Å². The van der Waals surface area contributed by atoms with Gasteiger partial charge in [-0.3, -0.25) is 9.59 Å². The van der Waals surface area contributed by atoms with Gasteiger partial charge in [0.15, 0.2) is 11.6 Å². The number of hydrogen-bond acceptors (Lipinski definition) is 4. The number of carbonyl (C=O) groups excluding carboxylic acids is 2. The van der Waals surface area contributed by atoms with Crippen LogP contribution in [-0.2, 0) is 9.59 Å². The first-order valence-electron chi connectivity index (χ1n) is 5.11. The summed E-state index contributed by atoms with van der Waals surface area (Å²) >= 11 is 2.97. The average Bonchev–Trinajstić information content (AvgIpc) is 2.30. The molecule has 0 aromatic carbocycles. The van der Waals surface area contributed by atoms with E-state index in [1.165, 1.54) is 23.5 Å². The molecule has 0 N–H and O–H groups in total. The average molecular weight is 258 g/mol. The molecule has 0 aliphatic heterocycles. The third-order valence-electron chi connectivity index (χ3n) is 2.10. The highest BCUT2D eigenvalue weighted by Crippen LogP contribution is 2.13. The first-order valence-corrected chi connectivity index (χ1v) is 7.68. The highest BCUT2D eigenvalue weighted by molar-refractivity contribution is 8.01. The molecule has 90 valence electrons. The zero-order chi connectivity index (χ0) is 12.4. The molecular weight excluding hydrogens is 240 g/mol. The number of thioether (sulfide) groups is 2. The Labute approximate surface area is 106 Å². The summed E-state index contributed by atoms with van der Waals surface area (Å²) in [5.74, 6) is -0.114. The SMILES string of the molecule is CC[C@@H](CC(=O)/C=C/SC)C(=O)/C=C/SC. The third kappa shape index (κ3) is 6.90. The maximum Gasteiger partial charge on any atom is 0.159 e. The molecule has 0 spiro atoms. The van der Waals surface area contributed by atoms with E-state index in [-0.39, 0.29) is 17.5 Å². The Morgan fingerprint density at radius 3 is 2.19 bits per heavy atom. The van der Waals surface area contributed by atoms with E-state index < -0.39 is 0 Å². The lowest BCUT2D eigenvalue weighted by Gasteiger charge is -2.08. The molecule has 4 heteroatoms. The van der Waals surface area contributed by atoms with Gasteiger partial charge in [-0.15, -0.1) is 23.5 Å². The lowest BCUT2D eigenvalue weighted by molar-refractivity contribution is -0.123. The monoisotopic (exact) mass is 258 g/mol. The van der Waals surface area contributed by atoms with Gasteiger partial charge in [0.05, 0.1) is 0 Å². The Kier molecular flexibility index (Phi) is 9.43. The lowest BCUT2D eigenvalue weighted by atomic mass is 9.95. The molecule has 0 rings (SSSR count). The van der Waals surface area contributed by atoms with Crippen molar-refractivity contribution in [2.45, 2.75) is 19.8 Å². The maximum atomic E-state index is 11.7. The van der Waals surface area contributed by atoms with Gasteiger partial charge in [0.1, 0.15) is 0 Å². The fourth-order valence-corrected chi connectivity index (χ4v) is 1.73. The van der Waals surface area contributed by atoms with Crippen LogP contribution in [0.1, 0.15) is 19.8 Å². The van der Waals surface area contributed by atoms with Crippen molar-refractivity contribution in [2.75, 3.05) is 12.5 Å². The van der Waals surface area contributed by atoms with Crippen molar-refractivity contribution in [3.05, 3.63) is 23.0 Å². The summed E-state index contributed by atoms with van der Waals surface area (Å²) in [5.41, 5.74) is 0. The zero-order valence-electron chi connectivity index (χ0n) is 9.93. The first kappa shape index (κ1) is 15.5. The van der Waals surface area contributed by atoms with E-state index in [1.54, 1.807) is 23.0 Å². The molecule has 2 nitrogen and oxygen atoms in total. The molecule has 0 saturated heterocycles. The maximum absolute atomic E-state index is 11.7. The molecule has 0 unspecified atom stereocenters. The van der Waals surface area contributed by atoms with E-state index in [9.17, 15) is 9.59 Å². The highest BCUT2D eigenvalue weighted by Gasteiger charge is 2.16. The number of ketones is 2. The number of hydrogen-bond donors (Lipinski definition) is 0. The predicted molar refractivity (Wildman–Crippen MR) is 73.7 cm³/mol. The minimum atomic E-state index is -0.178. The molecular formula is C12H18O2S2. The number of carbonyl (C=O) groups is 2. The normalized spacial score (nSPS) is 13.4. The topological polar surface area (TPSA) is 34.1 Å². The summed E-state index contributed by atoms with van der Waals surface area (Å²) in [7, 11) is 0. The lowest BCUT2D eigenvalue weighted by Crippen LogP contribution is -2.14. The quantitative estimate of drug-likeness (QED) is 0.626. The van der Waals surface area contributed by atoms with Crippen LogP contribution >= 0.6 is 23.5 Å². The fourth-order valence-electron chi connectivity index (χ4n) is 1.17. The van der Waals surface area contributed by atoms with Crippen LogP contribution in [0, 0.1) is 5.92 Å². The van der Waals surface area contributed by atoms with Crippen molar-refractivity contribution in [3.8, 4) is 0 Å². The van der Waals surface area contributed by atoms with Crippen LogP contribution in [0.4, 0.5) is 0 Å². The number of allylic oxidation sites excluding steroid dienone is 2. The Morgan fingerprint density at radius 1 is 1.12 bits per heavy atom. The molecule has 0 amide bonds. The van der Waals surface area contributed by atoms with Crippen LogP contribution in [0.15, 0.2) is 23.0 Å². The van der Waals surface area contributed by atoms with Gasteiger partial charge >= 0.3 is 0 Å². The van der Waals surface area contributed by atoms with Gasteiger partial charge in [-0.25, -0.2) is 0 Å².